The average Bonchev–Trinajstić information content (AvgIpc) is 3.18. The molecule has 0 radical (unpaired) electrons. The molecule has 0 saturated heterocycles. The lowest BCUT2D eigenvalue weighted by Gasteiger charge is -2.27. The van der Waals surface area contributed by atoms with Crippen LogP contribution >= 0.6 is 0 Å². The van der Waals surface area contributed by atoms with Gasteiger partial charge in [0.2, 0.25) is 5.91 Å². The van der Waals surface area contributed by atoms with E-state index in [1.54, 1.807) is 26.0 Å². The van der Waals surface area contributed by atoms with Crippen LogP contribution in [0.3, 0.4) is 0 Å². The van der Waals surface area contributed by atoms with E-state index in [-0.39, 0.29) is 11.6 Å². The van der Waals surface area contributed by atoms with Gasteiger partial charge in [-0.1, -0.05) is 0 Å². The highest BCUT2D eigenvalue weighted by atomic mass is 16.6. The Morgan fingerprint density at radius 1 is 1.29 bits per heavy atom. The lowest BCUT2D eigenvalue weighted by Crippen LogP contribution is -2.42. The number of amides is 1. The fourth-order valence-electron chi connectivity index (χ4n) is 2.23. The minimum absolute atomic E-state index is 0.0194. The van der Waals surface area contributed by atoms with Crippen molar-refractivity contribution in [1.29, 1.82) is 0 Å². The van der Waals surface area contributed by atoms with Crippen molar-refractivity contribution in [2.45, 2.75) is 25.8 Å². The molecule has 0 aliphatic heterocycles. The number of nitro groups is 1. The van der Waals surface area contributed by atoms with E-state index in [1.165, 1.54) is 12.1 Å². The van der Waals surface area contributed by atoms with Crippen LogP contribution < -0.4 is 5.32 Å². The predicted molar refractivity (Wildman–Crippen MR) is 73.5 cm³/mol. The molecule has 1 aliphatic carbocycles. The van der Waals surface area contributed by atoms with Gasteiger partial charge in [0.1, 0.15) is 0 Å². The summed E-state index contributed by atoms with van der Waals surface area (Å²) in [6, 6.07) is 5.92. The highest BCUT2D eigenvalue weighted by Gasteiger charge is 2.49. The first-order chi connectivity index (χ1) is 9.72. The smallest absolute Gasteiger partial charge is 0.307 e. The molecule has 1 amide bonds. The second kappa shape index (κ2) is 5.16. The van der Waals surface area contributed by atoms with Crippen molar-refractivity contribution in [2.75, 3.05) is 0 Å². The quantitative estimate of drug-likeness (QED) is 0.633. The zero-order valence-corrected chi connectivity index (χ0v) is 11.7. The van der Waals surface area contributed by atoms with Crippen molar-refractivity contribution in [3.63, 3.8) is 0 Å². The van der Waals surface area contributed by atoms with Gasteiger partial charge in [0.15, 0.2) is 0 Å². The van der Waals surface area contributed by atoms with Gasteiger partial charge in [-0.05, 0) is 38.0 Å². The third-order valence-corrected chi connectivity index (χ3v) is 3.68. The number of carboxylic acids is 1. The summed E-state index contributed by atoms with van der Waals surface area (Å²) in [5.74, 6) is -2.34. The summed E-state index contributed by atoms with van der Waals surface area (Å²) in [4.78, 5) is 32.9. The molecule has 2 N–H and O–H groups in total. The monoisotopic (exact) mass is 292 g/mol. The van der Waals surface area contributed by atoms with Crippen LogP contribution in [-0.2, 0) is 15.1 Å². The van der Waals surface area contributed by atoms with Gasteiger partial charge in [-0.3, -0.25) is 19.7 Å². The summed E-state index contributed by atoms with van der Waals surface area (Å²) in [6.45, 7) is 3.54. The van der Waals surface area contributed by atoms with E-state index in [0.717, 1.165) is 0 Å². The SMILES string of the molecule is CC(C)(NC(=O)C1CC1C(=O)O)c1ccc([N+](=O)[O-])cc1. The number of nitro benzene ring substituents is 1. The molecule has 1 fully saturated rings. The summed E-state index contributed by atoms with van der Waals surface area (Å²) < 4.78 is 0. The first-order valence-corrected chi connectivity index (χ1v) is 6.52. The Balaban J connectivity index is 2.06. The fourth-order valence-corrected chi connectivity index (χ4v) is 2.23. The number of nitrogens with one attached hydrogen (secondary N) is 1. The topological polar surface area (TPSA) is 110 Å². The summed E-state index contributed by atoms with van der Waals surface area (Å²) in [7, 11) is 0. The number of hydrogen-bond acceptors (Lipinski definition) is 4. The van der Waals surface area contributed by atoms with Crippen LogP contribution in [0, 0.1) is 22.0 Å². The molecule has 7 heteroatoms. The van der Waals surface area contributed by atoms with E-state index in [1.807, 2.05) is 0 Å². The van der Waals surface area contributed by atoms with E-state index in [2.05, 4.69) is 5.32 Å². The minimum Gasteiger partial charge on any atom is -0.481 e. The average molecular weight is 292 g/mol. The lowest BCUT2D eigenvalue weighted by atomic mass is 9.93. The molecule has 0 spiro atoms. The number of hydrogen-bond donors (Lipinski definition) is 2. The molecule has 112 valence electrons. The van der Waals surface area contributed by atoms with Crippen LogP contribution in [-0.4, -0.2) is 21.9 Å². The van der Waals surface area contributed by atoms with Gasteiger partial charge in [0.25, 0.3) is 5.69 Å². The Morgan fingerprint density at radius 2 is 1.86 bits per heavy atom. The molecule has 7 nitrogen and oxygen atoms in total. The first kappa shape index (κ1) is 15.0. The molecule has 2 unspecified atom stereocenters. The van der Waals surface area contributed by atoms with Gasteiger partial charge in [0.05, 0.1) is 22.3 Å². The summed E-state index contributed by atoms with van der Waals surface area (Å²) >= 11 is 0. The van der Waals surface area contributed by atoms with Crippen molar-refractivity contribution in [2.24, 2.45) is 11.8 Å². The van der Waals surface area contributed by atoms with Gasteiger partial charge in [0, 0.05) is 12.1 Å². The maximum atomic E-state index is 12.0. The van der Waals surface area contributed by atoms with Crippen molar-refractivity contribution in [3.05, 3.63) is 39.9 Å². The normalized spacial score (nSPS) is 20.7. The summed E-state index contributed by atoms with van der Waals surface area (Å²) in [6.07, 6.45) is 0.359. The lowest BCUT2D eigenvalue weighted by molar-refractivity contribution is -0.384. The molecular formula is C14H16N2O5. The zero-order chi connectivity index (χ0) is 15.8. The molecular weight excluding hydrogens is 276 g/mol. The van der Waals surface area contributed by atoms with Crippen LogP contribution in [0.4, 0.5) is 5.69 Å². The van der Waals surface area contributed by atoms with Gasteiger partial charge in [-0.2, -0.15) is 0 Å². The molecule has 1 aliphatic rings. The maximum absolute atomic E-state index is 12.0. The number of benzene rings is 1. The Bertz CT molecular complexity index is 594. The molecule has 0 bridgehead atoms. The molecule has 0 heterocycles. The third-order valence-electron chi connectivity index (χ3n) is 3.68. The van der Waals surface area contributed by atoms with Crippen LogP contribution in [0.25, 0.3) is 0 Å². The molecule has 0 aromatic heterocycles. The molecule has 2 atom stereocenters. The molecule has 1 aromatic rings. The Morgan fingerprint density at radius 3 is 2.29 bits per heavy atom. The maximum Gasteiger partial charge on any atom is 0.307 e. The fraction of sp³-hybridized carbons (Fsp3) is 0.429. The summed E-state index contributed by atoms with van der Waals surface area (Å²) in [5.41, 5.74) is -0.0271. The number of non-ortho nitro benzene ring substituents is 1. The van der Waals surface area contributed by atoms with Crippen molar-refractivity contribution < 1.29 is 19.6 Å². The van der Waals surface area contributed by atoms with Crippen LogP contribution in [0.2, 0.25) is 0 Å². The van der Waals surface area contributed by atoms with Crippen molar-refractivity contribution >= 4 is 17.6 Å². The zero-order valence-electron chi connectivity index (χ0n) is 11.7. The van der Waals surface area contributed by atoms with Crippen LogP contribution in [0.5, 0.6) is 0 Å². The number of carbonyl (C=O) groups is 2. The Kier molecular flexibility index (Phi) is 3.67. The minimum atomic E-state index is -0.955. The second-order valence-electron chi connectivity index (χ2n) is 5.71. The van der Waals surface area contributed by atoms with E-state index < -0.39 is 28.3 Å². The number of carbonyl (C=O) groups excluding carboxylic acids is 1. The van der Waals surface area contributed by atoms with Crippen molar-refractivity contribution in [1.82, 2.24) is 5.32 Å². The molecule has 2 rings (SSSR count). The van der Waals surface area contributed by atoms with Crippen LogP contribution in [0.15, 0.2) is 24.3 Å². The first-order valence-electron chi connectivity index (χ1n) is 6.52. The Hall–Kier alpha value is -2.44. The number of carboxylic acid groups (broad SMARTS) is 1. The number of rotatable bonds is 5. The third kappa shape index (κ3) is 3.18. The van der Waals surface area contributed by atoms with Crippen LogP contribution in [0.1, 0.15) is 25.8 Å². The van der Waals surface area contributed by atoms with E-state index >= 15 is 0 Å². The second-order valence-corrected chi connectivity index (χ2v) is 5.71. The molecule has 1 saturated carbocycles. The highest BCUT2D eigenvalue weighted by molar-refractivity contribution is 5.89. The largest absolute Gasteiger partial charge is 0.481 e. The van der Waals surface area contributed by atoms with Gasteiger partial charge < -0.3 is 10.4 Å². The Labute approximate surface area is 121 Å². The number of aliphatic carboxylic acids is 1. The van der Waals surface area contributed by atoms with E-state index in [9.17, 15) is 19.7 Å². The summed E-state index contributed by atoms with van der Waals surface area (Å²) in [5, 5.41) is 22.2. The van der Waals surface area contributed by atoms with Gasteiger partial charge >= 0.3 is 5.97 Å². The van der Waals surface area contributed by atoms with E-state index in [4.69, 9.17) is 5.11 Å². The van der Waals surface area contributed by atoms with Gasteiger partial charge in [-0.25, -0.2) is 0 Å². The van der Waals surface area contributed by atoms with Gasteiger partial charge in [-0.15, -0.1) is 0 Å². The molecule has 21 heavy (non-hydrogen) atoms. The van der Waals surface area contributed by atoms with E-state index in [0.29, 0.717) is 12.0 Å². The standard InChI is InChI=1S/C14H16N2O5/c1-14(2,8-3-5-9(6-4-8)16(20)21)15-12(17)10-7-11(10)13(18)19/h3-6,10-11H,7H2,1-2H3,(H,15,17)(H,18,19). The molecule has 1 aromatic carbocycles. The highest BCUT2D eigenvalue weighted by Crippen LogP contribution is 2.39. The predicted octanol–water partition coefficient (Wildman–Crippen LogP) is 1.67. The van der Waals surface area contributed by atoms with Crippen molar-refractivity contribution in [3.8, 4) is 0 Å². The number of nitrogens with zero attached hydrogens (tertiary/aromatic N) is 1.